The fourth-order valence-corrected chi connectivity index (χ4v) is 3.24. The number of fused-ring (bicyclic) bond motifs is 1. The van der Waals surface area contributed by atoms with Gasteiger partial charge < -0.3 is 5.32 Å². The van der Waals surface area contributed by atoms with Crippen molar-refractivity contribution in [2.75, 3.05) is 11.9 Å². The van der Waals surface area contributed by atoms with E-state index < -0.39 is 5.82 Å². The summed E-state index contributed by atoms with van der Waals surface area (Å²) in [5, 5.41) is 6.59. The lowest BCUT2D eigenvalue weighted by Crippen LogP contribution is -2.22. The van der Waals surface area contributed by atoms with Crippen molar-refractivity contribution in [2.24, 2.45) is 0 Å². The summed E-state index contributed by atoms with van der Waals surface area (Å²) in [7, 11) is 0. The summed E-state index contributed by atoms with van der Waals surface area (Å²) in [4.78, 5) is 17.6. The summed E-state index contributed by atoms with van der Waals surface area (Å²) in [6, 6.07) is 3.69. The summed E-state index contributed by atoms with van der Waals surface area (Å²) in [5.41, 5.74) is 1.26. The van der Waals surface area contributed by atoms with Crippen molar-refractivity contribution >= 4 is 34.0 Å². The molecule has 0 fully saturated rings. The van der Waals surface area contributed by atoms with Gasteiger partial charge in [0.1, 0.15) is 5.82 Å². The zero-order valence-corrected chi connectivity index (χ0v) is 11.9. The molecule has 0 unspecified atom stereocenters. The Balaban J connectivity index is 1.80. The molecule has 1 aliphatic rings. The number of thiazole rings is 1. The van der Waals surface area contributed by atoms with Gasteiger partial charge in [-0.3, -0.25) is 10.1 Å². The third-order valence-electron chi connectivity index (χ3n) is 3.00. The predicted molar refractivity (Wildman–Crippen MR) is 76.9 cm³/mol. The molecular formula is C13H11ClFN3OS. The normalized spacial score (nSPS) is 13.9. The molecule has 3 rings (SSSR count). The SMILES string of the molecule is O=C(Nc1nc2c(s1)CNCC2)c1ccc(F)cc1Cl. The topological polar surface area (TPSA) is 54.0 Å². The second-order valence-corrected chi connectivity index (χ2v) is 5.88. The monoisotopic (exact) mass is 311 g/mol. The Labute approximate surface area is 124 Å². The average Bonchev–Trinajstić information content (AvgIpc) is 2.80. The molecule has 1 aromatic heterocycles. The summed E-state index contributed by atoms with van der Waals surface area (Å²) >= 11 is 7.31. The number of carbonyl (C=O) groups is 1. The molecule has 0 saturated carbocycles. The van der Waals surface area contributed by atoms with Gasteiger partial charge in [-0.2, -0.15) is 0 Å². The largest absolute Gasteiger partial charge is 0.311 e. The molecule has 104 valence electrons. The fourth-order valence-electron chi connectivity index (χ4n) is 2.02. The molecule has 4 nitrogen and oxygen atoms in total. The van der Waals surface area contributed by atoms with E-state index in [1.54, 1.807) is 0 Å². The van der Waals surface area contributed by atoms with Gasteiger partial charge in [0.25, 0.3) is 5.91 Å². The number of anilines is 1. The van der Waals surface area contributed by atoms with Crippen LogP contribution < -0.4 is 10.6 Å². The number of hydrogen-bond donors (Lipinski definition) is 2. The third kappa shape index (κ3) is 2.67. The highest BCUT2D eigenvalue weighted by molar-refractivity contribution is 7.15. The van der Waals surface area contributed by atoms with E-state index in [2.05, 4.69) is 15.6 Å². The van der Waals surface area contributed by atoms with Crippen molar-refractivity contribution in [3.63, 3.8) is 0 Å². The van der Waals surface area contributed by atoms with E-state index in [-0.39, 0.29) is 16.5 Å². The van der Waals surface area contributed by atoms with Crippen LogP contribution >= 0.6 is 22.9 Å². The first-order valence-electron chi connectivity index (χ1n) is 6.09. The zero-order valence-electron chi connectivity index (χ0n) is 10.4. The minimum absolute atomic E-state index is 0.0884. The lowest BCUT2D eigenvalue weighted by molar-refractivity contribution is 0.102. The van der Waals surface area contributed by atoms with Gasteiger partial charge in [-0.1, -0.05) is 11.6 Å². The van der Waals surface area contributed by atoms with Crippen molar-refractivity contribution in [3.05, 3.63) is 45.2 Å². The molecule has 7 heteroatoms. The number of amides is 1. The molecule has 20 heavy (non-hydrogen) atoms. The first kappa shape index (κ1) is 13.5. The summed E-state index contributed by atoms with van der Waals surface area (Å²) in [5.74, 6) is -0.851. The van der Waals surface area contributed by atoms with Crippen molar-refractivity contribution < 1.29 is 9.18 Å². The van der Waals surface area contributed by atoms with Crippen molar-refractivity contribution in [2.45, 2.75) is 13.0 Å². The molecule has 2 heterocycles. The maximum absolute atomic E-state index is 13.0. The molecule has 1 aliphatic heterocycles. The lowest BCUT2D eigenvalue weighted by Gasteiger charge is -2.09. The molecule has 0 radical (unpaired) electrons. The fraction of sp³-hybridized carbons (Fsp3) is 0.231. The van der Waals surface area contributed by atoms with Crippen LogP contribution in [0.15, 0.2) is 18.2 Å². The maximum atomic E-state index is 13.0. The average molecular weight is 312 g/mol. The Bertz CT molecular complexity index is 650. The van der Waals surface area contributed by atoms with E-state index >= 15 is 0 Å². The Kier molecular flexibility index (Phi) is 3.69. The number of carbonyl (C=O) groups excluding carboxylic acids is 1. The summed E-state index contributed by atoms with van der Waals surface area (Å²) in [6.45, 7) is 1.67. The number of rotatable bonds is 2. The molecule has 0 bridgehead atoms. The van der Waals surface area contributed by atoms with Crippen LogP contribution in [-0.4, -0.2) is 17.4 Å². The van der Waals surface area contributed by atoms with E-state index in [0.29, 0.717) is 5.13 Å². The summed E-state index contributed by atoms with van der Waals surface area (Å²) in [6.07, 6.45) is 0.860. The van der Waals surface area contributed by atoms with Gasteiger partial charge in [-0.25, -0.2) is 9.37 Å². The van der Waals surface area contributed by atoms with E-state index in [1.807, 2.05) is 0 Å². The van der Waals surface area contributed by atoms with E-state index in [1.165, 1.54) is 23.5 Å². The molecule has 2 N–H and O–H groups in total. The van der Waals surface area contributed by atoms with Gasteiger partial charge in [0, 0.05) is 24.4 Å². The first-order chi connectivity index (χ1) is 9.63. The summed E-state index contributed by atoms with van der Waals surface area (Å²) < 4.78 is 13.0. The molecular weight excluding hydrogens is 301 g/mol. The third-order valence-corrected chi connectivity index (χ3v) is 4.32. The van der Waals surface area contributed by atoms with Crippen LogP contribution in [0.5, 0.6) is 0 Å². The molecule has 0 aliphatic carbocycles. The molecule has 1 aromatic carbocycles. The highest BCUT2D eigenvalue weighted by Gasteiger charge is 2.17. The number of benzene rings is 1. The highest BCUT2D eigenvalue weighted by Crippen LogP contribution is 2.26. The molecule has 0 atom stereocenters. The van der Waals surface area contributed by atoms with Crippen LogP contribution in [0.25, 0.3) is 0 Å². The Morgan fingerprint density at radius 2 is 2.35 bits per heavy atom. The van der Waals surface area contributed by atoms with E-state index in [4.69, 9.17) is 11.6 Å². The first-order valence-corrected chi connectivity index (χ1v) is 7.28. The van der Waals surface area contributed by atoms with Crippen LogP contribution in [0.2, 0.25) is 5.02 Å². The minimum Gasteiger partial charge on any atom is -0.311 e. The van der Waals surface area contributed by atoms with Gasteiger partial charge in [0.2, 0.25) is 0 Å². The van der Waals surface area contributed by atoms with E-state index in [0.717, 1.165) is 36.1 Å². The van der Waals surface area contributed by atoms with Gasteiger partial charge >= 0.3 is 0 Å². The Hall–Kier alpha value is -1.50. The van der Waals surface area contributed by atoms with Gasteiger partial charge in [-0.05, 0) is 18.2 Å². The highest BCUT2D eigenvalue weighted by atomic mass is 35.5. The second-order valence-electron chi connectivity index (χ2n) is 4.39. The van der Waals surface area contributed by atoms with Gasteiger partial charge in [0.05, 0.1) is 16.3 Å². The van der Waals surface area contributed by atoms with Crippen LogP contribution in [0, 0.1) is 5.82 Å². The lowest BCUT2D eigenvalue weighted by atomic mass is 10.2. The predicted octanol–water partition coefficient (Wildman–Crippen LogP) is 2.83. The van der Waals surface area contributed by atoms with E-state index in [9.17, 15) is 9.18 Å². The van der Waals surface area contributed by atoms with Crippen LogP contribution in [0.4, 0.5) is 9.52 Å². The number of nitrogens with one attached hydrogen (secondary N) is 2. The molecule has 0 saturated heterocycles. The van der Waals surface area contributed by atoms with Crippen molar-refractivity contribution in [3.8, 4) is 0 Å². The van der Waals surface area contributed by atoms with Crippen LogP contribution in [-0.2, 0) is 13.0 Å². The molecule has 1 amide bonds. The van der Waals surface area contributed by atoms with Crippen LogP contribution in [0.3, 0.4) is 0 Å². The number of nitrogens with zero attached hydrogens (tertiary/aromatic N) is 1. The molecule has 2 aromatic rings. The Morgan fingerprint density at radius 1 is 1.50 bits per heavy atom. The Morgan fingerprint density at radius 3 is 3.10 bits per heavy atom. The minimum atomic E-state index is -0.470. The number of aromatic nitrogens is 1. The quantitative estimate of drug-likeness (QED) is 0.896. The number of hydrogen-bond acceptors (Lipinski definition) is 4. The maximum Gasteiger partial charge on any atom is 0.258 e. The molecule has 0 spiro atoms. The van der Waals surface area contributed by atoms with Gasteiger partial charge in [0.15, 0.2) is 5.13 Å². The number of halogens is 2. The van der Waals surface area contributed by atoms with Crippen LogP contribution in [0.1, 0.15) is 20.9 Å². The van der Waals surface area contributed by atoms with Gasteiger partial charge in [-0.15, -0.1) is 11.3 Å². The smallest absolute Gasteiger partial charge is 0.258 e. The van der Waals surface area contributed by atoms with Crippen molar-refractivity contribution in [1.82, 2.24) is 10.3 Å². The second kappa shape index (κ2) is 5.47. The standard InChI is InChI=1S/C13H11ClFN3OS/c14-9-5-7(15)1-2-8(9)12(19)18-13-17-10-3-4-16-6-11(10)20-13/h1-2,5,16H,3-4,6H2,(H,17,18,19). The van der Waals surface area contributed by atoms with Crippen molar-refractivity contribution in [1.29, 1.82) is 0 Å². The zero-order chi connectivity index (χ0) is 14.1.